The van der Waals surface area contributed by atoms with Crippen molar-refractivity contribution in [3.8, 4) is 0 Å². The number of fused-ring (bicyclic) bond motifs is 3. The largest absolute Gasteiger partial charge is 0.528 e. The van der Waals surface area contributed by atoms with Gasteiger partial charge in [-0.05, 0) is 0 Å². The number of benzene rings is 1. The van der Waals surface area contributed by atoms with Crippen LogP contribution in [0.2, 0.25) is 0 Å². The summed E-state index contributed by atoms with van der Waals surface area (Å²) in [6.45, 7) is 0. The average Bonchev–Trinajstić information content (AvgIpc) is 2.79. The lowest BCUT2D eigenvalue weighted by atomic mass is 10.3. The van der Waals surface area contributed by atoms with Gasteiger partial charge in [0, 0.05) is 0 Å². The molecule has 6 bridgehead atoms. The zero-order valence-electron chi connectivity index (χ0n) is 7.16. The molecular formula is C6O8P2. The molecule has 0 aliphatic rings. The molecule has 0 saturated carbocycles. The molecular weight excluding hydrogens is 262 g/mol. The molecule has 2 atom stereocenters. The molecule has 6 aromatic rings. The topological polar surface area (TPSA) is 105 Å². The zero-order valence-corrected chi connectivity index (χ0v) is 8.95. The Morgan fingerprint density at radius 1 is 0.500 bits per heavy atom. The van der Waals surface area contributed by atoms with E-state index in [1.54, 1.807) is 0 Å². The summed E-state index contributed by atoms with van der Waals surface area (Å²) in [5, 5.41) is 0. The van der Waals surface area contributed by atoms with E-state index in [1.165, 1.54) is 0 Å². The summed E-state index contributed by atoms with van der Waals surface area (Å²) in [5.41, 5.74) is 2.19. The van der Waals surface area contributed by atoms with Gasteiger partial charge in [-0.15, -0.1) is 0 Å². The van der Waals surface area contributed by atoms with Crippen LogP contribution in [0.5, 0.6) is 0 Å². The molecule has 8 nitrogen and oxygen atoms in total. The molecule has 6 rings (SSSR count). The van der Waals surface area contributed by atoms with Crippen LogP contribution in [0.1, 0.15) is 0 Å². The maximum atomic E-state index is 5.37. The van der Waals surface area contributed by atoms with Crippen molar-refractivity contribution >= 4 is 49.6 Å². The fourth-order valence-corrected chi connectivity index (χ4v) is 3.36. The Hall–Kier alpha value is -1.78. The molecule has 82 valence electrons. The molecule has 0 fully saturated rings. The first-order valence-corrected chi connectivity index (χ1v) is 6.34. The third-order valence-electron chi connectivity index (χ3n) is 2.26. The summed E-state index contributed by atoms with van der Waals surface area (Å²) in [4.78, 5) is 0. The first-order valence-electron chi connectivity index (χ1n) is 4.15. The molecule has 0 spiro atoms. The van der Waals surface area contributed by atoms with Crippen LogP contribution in [0, 0.1) is 0 Å². The van der Waals surface area contributed by atoms with Crippen LogP contribution in [0.15, 0.2) is 34.7 Å². The van der Waals surface area contributed by atoms with Crippen molar-refractivity contribution in [1.82, 2.24) is 0 Å². The highest BCUT2D eigenvalue weighted by Gasteiger charge is 2.28. The molecule has 0 N–H and O–H groups in total. The number of hydrogen-bond donors (Lipinski definition) is 0. The van der Waals surface area contributed by atoms with Crippen molar-refractivity contribution in [3.05, 3.63) is 0 Å². The Labute approximate surface area is 85.0 Å². The summed E-state index contributed by atoms with van der Waals surface area (Å²) in [7, 11) is -3.16. The van der Waals surface area contributed by atoms with Gasteiger partial charge in [-0.3, -0.25) is 9.15 Å². The van der Waals surface area contributed by atoms with Gasteiger partial charge in [0.05, 0.1) is 0 Å². The van der Waals surface area contributed by atoms with Gasteiger partial charge in [-0.25, -0.2) is 0 Å². The van der Waals surface area contributed by atoms with Crippen molar-refractivity contribution in [2.24, 2.45) is 0 Å². The van der Waals surface area contributed by atoms with E-state index in [0.717, 1.165) is 0 Å². The van der Waals surface area contributed by atoms with Crippen molar-refractivity contribution in [3.63, 3.8) is 0 Å². The Balaban J connectivity index is 2.42. The molecule has 16 heavy (non-hydrogen) atoms. The normalized spacial score (nSPS) is 15.2. The second-order valence-corrected chi connectivity index (χ2v) is 5.03. The van der Waals surface area contributed by atoms with Crippen molar-refractivity contribution in [1.29, 1.82) is 0 Å². The van der Waals surface area contributed by atoms with E-state index in [4.69, 9.17) is 34.7 Å². The van der Waals surface area contributed by atoms with E-state index >= 15 is 0 Å². The summed E-state index contributed by atoms with van der Waals surface area (Å²) in [5.74, 6) is 0. The maximum Gasteiger partial charge on any atom is 0.528 e. The second-order valence-electron chi connectivity index (χ2n) is 3.10. The third kappa shape index (κ3) is 0.662. The molecule has 5 aromatic heterocycles. The fraction of sp³-hybridized carbons (Fsp3) is 0. The minimum Gasteiger partial charge on any atom is -0.382 e. The van der Waals surface area contributed by atoms with E-state index in [1.807, 2.05) is 0 Å². The summed E-state index contributed by atoms with van der Waals surface area (Å²) < 4.78 is 41.1. The molecule has 0 aliphatic heterocycles. The third-order valence-corrected chi connectivity index (χ3v) is 3.98. The quantitative estimate of drug-likeness (QED) is 0.368. The van der Waals surface area contributed by atoms with Gasteiger partial charge in [0.25, 0.3) is 11.2 Å². The zero-order chi connectivity index (χ0) is 10.3. The summed E-state index contributed by atoms with van der Waals surface area (Å²) >= 11 is 0. The first kappa shape index (κ1) is 7.49. The molecule has 5 heterocycles. The monoisotopic (exact) mass is 262 g/mol. The van der Waals surface area contributed by atoms with E-state index < -0.39 is 16.1 Å². The Kier molecular flexibility index (Phi) is 1.01. The van der Waals surface area contributed by atoms with Crippen LogP contribution in [-0.4, -0.2) is 0 Å². The predicted octanol–water partition coefficient (Wildman–Crippen LogP) is 4.74. The van der Waals surface area contributed by atoms with Gasteiger partial charge >= 0.3 is 16.1 Å². The molecule has 0 amide bonds. The first-order chi connectivity index (χ1) is 7.90. The van der Waals surface area contributed by atoms with Gasteiger partial charge in [0.2, 0.25) is 22.3 Å². The van der Waals surface area contributed by atoms with Gasteiger partial charge in [0.1, 0.15) is 0 Å². The summed E-state index contributed by atoms with van der Waals surface area (Å²) in [6, 6.07) is 0. The van der Waals surface area contributed by atoms with E-state index in [9.17, 15) is 0 Å². The van der Waals surface area contributed by atoms with Crippen LogP contribution < -0.4 is 0 Å². The number of hydrogen-bond acceptors (Lipinski definition) is 8. The van der Waals surface area contributed by atoms with Gasteiger partial charge < -0.3 is 16.8 Å². The van der Waals surface area contributed by atoms with Gasteiger partial charge in [-0.1, -0.05) is 0 Å². The Morgan fingerprint density at radius 3 is 1.44 bits per heavy atom. The van der Waals surface area contributed by atoms with E-state index in [-0.39, 0.29) is 11.2 Å². The van der Waals surface area contributed by atoms with E-state index in [0.29, 0.717) is 22.3 Å². The van der Waals surface area contributed by atoms with Crippen molar-refractivity contribution in [2.45, 2.75) is 0 Å². The van der Waals surface area contributed by atoms with E-state index in [2.05, 4.69) is 0 Å². The maximum absolute atomic E-state index is 5.37. The van der Waals surface area contributed by atoms with Crippen molar-refractivity contribution < 1.29 is 34.7 Å². The lowest BCUT2D eigenvalue weighted by molar-refractivity contribution is 0.0805. The Morgan fingerprint density at radius 2 is 0.938 bits per heavy atom. The number of rotatable bonds is 0. The molecule has 1 aromatic carbocycles. The minimum atomic E-state index is -1.74. The molecule has 10 heteroatoms. The lowest BCUT2D eigenvalue weighted by Crippen LogP contribution is -1.74. The lowest BCUT2D eigenvalue weighted by Gasteiger charge is -1.92. The standard InChI is InChI=1S/C6O8P2/c7-1-2-4(12-16(13-7)14-8-2)6-5-3(1)9-15(10-5)11-6. The minimum absolute atomic E-state index is 0.241. The highest BCUT2D eigenvalue weighted by atomic mass is 31.1. The molecule has 0 saturated heterocycles. The van der Waals surface area contributed by atoms with Crippen LogP contribution in [-0.2, 0) is 0 Å². The average molecular weight is 262 g/mol. The van der Waals surface area contributed by atoms with Crippen LogP contribution in [0.25, 0.3) is 33.5 Å². The molecule has 0 aliphatic carbocycles. The van der Waals surface area contributed by atoms with Gasteiger partial charge in [-0.2, -0.15) is 8.71 Å². The predicted molar refractivity (Wildman–Crippen MR) is 48.6 cm³/mol. The smallest absolute Gasteiger partial charge is 0.382 e. The fourth-order valence-electron chi connectivity index (χ4n) is 1.63. The van der Waals surface area contributed by atoms with Gasteiger partial charge in [0.15, 0.2) is 0 Å². The SMILES string of the molecule is o1op2ooc3c1c(o2)c1op2oc3c1o2. The highest BCUT2D eigenvalue weighted by molar-refractivity contribution is 7.27. The highest BCUT2D eigenvalue weighted by Crippen LogP contribution is 2.48. The second kappa shape index (κ2) is 2.16. The van der Waals surface area contributed by atoms with Crippen LogP contribution in [0.3, 0.4) is 0 Å². The Bertz CT molecular complexity index is 913. The van der Waals surface area contributed by atoms with Crippen molar-refractivity contribution in [2.75, 3.05) is 0 Å². The van der Waals surface area contributed by atoms with Crippen LogP contribution >= 0.6 is 16.1 Å². The molecule has 0 radical (unpaired) electrons. The van der Waals surface area contributed by atoms with Crippen LogP contribution in [0.4, 0.5) is 0 Å². The summed E-state index contributed by atoms with van der Waals surface area (Å²) in [6.07, 6.45) is 0. The molecule has 2 unspecified atom stereocenters.